The van der Waals surface area contributed by atoms with Crippen molar-refractivity contribution in [2.45, 2.75) is 12.8 Å². The van der Waals surface area contributed by atoms with Crippen LogP contribution in [0, 0.1) is 5.92 Å². The first-order chi connectivity index (χ1) is 5.38. The molecular weight excluding hydrogens is 138 g/mol. The molecule has 0 saturated heterocycles. The third-order valence-corrected chi connectivity index (χ3v) is 1.93. The van der Waals surface area contributed by atoms with Gasteiger partial charge in [-0.25, -0.2) is 0 Å². The van der Waals surface area contributed by atoms with Crippen LogP contribution in [-0.4, -0.2) is 12.8 Å². The van der Waals surface area contributed by atoms with Crippen LogP contribution < -0.4 is 5.73 Å². The summed E-state index contributed by atoms with van der Waals surface area (Å²) >= 11 is 0. The van der Waals surface area contributed by atoms with E-state index in [2.05, 4.69) is 18.2 Å². The number of carbonyl (C=O) groups excluding carboxylic acids is 1. The fourth-order valence-corrected chi connectivity index (χ4v) is 1.22. The minimum absolute atomic E-state index is 0.0556. The predicted octanol–water partition coefficient (Wildman–Crippen LogP) is 1.04. The fraction of sp³-hybridized carbons (Fsp3) is 0.444. The highest BCUT2D eigenvalue weighted by Gasteiger charge is 2.10. The minimum atomic E-state index is -0.0556. The van der Waals surface area contributed by atoms with Gasteiger partial charge >= 0.3 is 0 Å². The Balaban J connectivity index is 2.57. The highest BCUT2D eigenvalue weighted by molar-refractivity contribution is 5.59. The third-order valence-electron chi connectivity index (χ3n) is 1.93. The zero-order valence-corrected chi connectivity index (χ0v) is 6.49. The van der Waals surface area contributed by atoms with Crippen LogP contribution >= 0.6 is 0 Å². The first-order valence-electron chi connectivity index (χ1n) is 3.87. The summed E-state index contributed by atoms with van der Waals surface area (Å²) in [5, 5.41) is 0. The van der Waals surface area contributed by atoms with E-state index in [0.29, 0.717) is 6.54 Å². The summed E-state index contributed by atoms with van der Waals surface area (Å²) in [6, 6.07) is 0. The topological polar surface area (TPSA) is 43.1 Å². The van der Waals surface area contributed by atoms with Gasteiger partial charge < -0.3 is 10.5 Å². The largest absolute Gasteiger partial charge is 0.329 e. The number of rotatable bonds is 3. The number of aldehydes is 1. The molecule has 0 aliphatic heterocycles. The second-order valence-electron chi connectivity index (χ2n) is 2.67. The highest BCUT2D eigenvalue weighted by atomic mass is 16.1. The average Bonchev–Trinajstić information content (AvgIpc) is 2.09. The maximum absolute atomic E-state index is 10.5. The van der Waals surface area contributed by atoms with Crippen LogP contribution in [0.25, 0.3) is 0 Å². The smallest absolute Gasteiger partial charge is 0.128 e. The van der Waals surface area contributed by atoms with Gasteiger partial charge in [0.2, 0.25) is 0 Å². The second-order valence-corrected chi connectivity index (χ2v) is 2.67. The standard InChI is InChI=1S/C9H13NO/c10-6-9(7-11)8-4-2-1-3-5-8/h1-2,5,7,9H,3-4,6,10H2. The summed E-state index contributed by atoms with van der Waals surface area (Å²) in [6.07, 6.45) is 9.04. The lowest BCUT2D eigenvalue weighted by atomic mass is 9.94. The quantitative estimate of drug-likeness (QED) is 0.483. The van der Waals surface area contributed by atoms with Crippen LogP contribution in [0.5, 0.6) is 0 Å². The van der Waals surface area contributed by atoms with Crippen molar-refractivity contribution in [3.63, 3.8) is 0 Å². The van der Waals surface area contributed by atoms with E-state index < -0.39 is 0 Å². The van der Waals surface area contributed by atoms with E-state index >= 15 is 0 Å². The molecule has 1 atom stereocenters. The molecule has 2 N–H and O–H groups in total. The number of nitrogens with two attached hydrogens (primary N) is 1. The highest BCUT2D eigenvalue weighted by Crippen LogP contribution is 2.17. The molecule has 0 heterocycles. The van der Waals surface area contributed by atoms with E-state index in [-0.39, 0.29) is 5.92 Å². The molecule has 0 amide bonds. The average molecular weight is 151 g/mol. The predicted molar refractivity (Wildman–Crippen MR) is 45.1 cm³/mol. The van der Waals surface area contributed by atoms with E-state index in [1.807, 2.05) is 0 Å². The molecule has 1 unspecified atom stereocenters. The van der Waals surface area contributed by atoms with Crippen molar-refractivity contribution >= 4 is 6.29 Å². The number of carbonyl (C=O) groups is 1. The molecule has 1 rings (SSSR count). The zero-order chi connectivity index (χ0) is 8.10. The Morgan fingerprint density at radius 1 is 1.64 bits per heavy atom. The van der Waals surface area contributed by atoms with Crippen LogP contribution in [0.4, 0.5) is 0 Å². The van der Waals surface area contributed by atoms with Gasteiger partial charge in [-0.1, -0.05) is 23.8 Å². The summed E-state index contributed by atoms with van der Waals surface area (Å²) in [5.74, 6) is -0.0556. The third kappa shape index (κ3) is 2.02. The van der Waals surface area contributed by atoms with E-state index in [4.69, 9.17) is 5.73 Å². The molecule has 1 aliphatic rings. The summed E-state index contributed by atoms with van der Waals surface area (Å²) < 4.78 is 0. The Bertz CT molecular complexity index is 194. The van der Waals surface area contributed by atoms with Crippen LogP contribution in [0.15, 0.2) is 23.8 Å². The van der Waals surface area contributed by atoms with Gasteiger partial charge in [0, 0.05) is 12.5 Å². The monoisotopic (exact) mass is 151 g/mol. The molecule has 11 heavy (non-hydrogen) atoms. The molecule has 0 saturated carbocycles. The molecule has 0 bridgehead atoms. The summed E-state index contributed by atoms with van der Waals surface area (Å²) in [6.45, 7) is 0.434. The normalized spacial score (nSPS) is 19.2. The van der Waals surface area contributed by atoms with Gasteiger partial charge in [0.05, 0.1) is 0 Å². The lowest BCUT2D eigenvalue weighted by molar-refractivity contribution is -0.109. The number of allylic oxidation sites excluding steroid dienone is 3. The van der Waals surface area contributed by atoms with Crippen molar-refractivity contribution in [1.82, 2.24) is 0 Å². The van der Waals surface area contributed by atoms with Crippen molar-refractivity contribution in [2.75, 3.05) is 6.54 Å². The molecular formula is C9H13NO. The van der Waals surface area contributed by atoms with E-state index in [9.17, 15) is 4.79 Å². The summed E-state index contributed by atoms with van der Waals surface area (Å²) in [4.78, 5) is 10.5. The number of hydrogen-bond donors (Lipinski definition) is 1. The maximum Gasteiger partial charge on any atom is 0.128 e. The molecule has 60 valence electrons. The molecule has 0 aromatic rings. The Morgan fingerprint density at radius 2 is 2.45 bits per heavy atom. The fourth-order valence-electron chi connectivity index (χ4n) is 1.22. The van der Waals surface area contributed by atoms with Gasteiger partial charge in [-0.15, -0.1) is 0 Å². The van der Waals surface area contributed by atoms with E-state index in [1.54, 1.807) is 0 Å². The van der Waals surface area contributed by atoms with Crippen molar-refractivity contribution < 1.29 is 4.79 Å². The Hall–Kier alpha value is -0.890. The molecule has 0 aromatic heterocycles. The van der Waals surface area contributed by atoms with Gasteiger partial charge in [-0.05, 0) is 12.8 Å². The Morgan fingerprint density at radius 3 is 2.91 bits per heavy atom. The molecule has 0 fully saturated rings. The second kappa shape index (κ2) is 4.09. The molecule has 2 heteroatoms. The van der Waals surface area contributed by atoms with E-state index in [0.717, 1.165) is 19.1 Å². The SMILES string of the molecule is NCC(C=O)C1=CCC=CC1. The minimum Gasteiger partial charge on any atom is -0.329 e. The zero-order valence-electron chi connectivity index (χ0n) is 6.49. The summed E-state index contributed by atoms with van der Waals surface area (Å²) in [5.41, 5.74) is 6.59. The molecule has 0 aromatic carbocycles. The van der Waals surface area contributed by atoms with Gasteiger partial charge in [-0.2, -0.15) is 0 Å². The van der Waals surface area contributed by atoms with Gasteiger partial charge in [-0.3, -0.25) is 0 Å². The van der Waals surface area contributed by atoms with Crippen molar-refractivity contribution in [3.05, 3.63) is 23.8 Å². The molecule has 2 nitrogen and oxygen atoms in total. The van der Waals surface area contributed by atoms with Crippen LogP contribution in [-0.2, 0) is 4.79 Å². The maximum atomic E-state index is 10.5. The molecule has 1 aliphatic carbocycles. The Kier molecular flexibility index (Phi) is 3.05. The first-order valence-corrected chi connectivity index (χ1v) is 3.87. The van der Waals surface area contributed by atoms with Gasteiger partial charge in [0.25, 0.3) is 0 Å². The first kappa shape index (κ1) is 8.21. The van der Waals surface area contributed by atoms with Crippen molar-refractivity contribution in [2.24, 2.45) is 11.7 Å². The lowest BCUT2D eigenvalue weighted by Crippen LogP contribution is -2.18. The van der Waals surface area contributed by atoms with Crippen LogP contribution in [0.1, 0.15) is 12.8 Å². The van der Waals surface area contributed by atoms with Crippen molar-refractivity contribution in [1.29, 1.82) is 0 Å². The number of hydrogen-bond acceptors (Lipinski definition) is 2. The molecule has 0 spiro atoms. The lowest BCUT2D eigenvalue weighted by Gasteiger charge is -2.12. The van der Waals surface area contributed by atoms with Gasteiger partial charge in [0.15, 0.2) is 0 Å². The Labute approximate surface area is 66.8 Å². The van der Waals surface area contributed by atoms with Gasteiger partial charge in [0.1, 0.15) is 6.29 Å². The van der Waals surface area contributed by atoms with Crippen LogP contribution in [0.3, 0.4) is 0 Å². The molecule has 0 radical (unpaired) electrons. The van der Waals surface area contributed by atoms with Crippen molar-refractivity contribution in [3.8, 4) is 0 Å². The van der Waals surface area contributed by atoms with Crippen LogP contribution in [0.2, 0.25) is 0 Å². The van der Waals surface area contributed by atoms with E-state index in [1.165, 1.54) is 5.57 Å². The summed E-state index contributed by atoms with van der Waals surface area (Å²) in [7, 11) is 0.